The summed E-state index contributed by atoms with van der Waals surface area (Å²) in [4.78, 5) is 0. The van der Waals surface area contributed by atoms with Crippen molar-refractivity contribution in [2.75, 3.05) is 7.05 Å². The van der Waals surface area contributed by atoms with Gasteiger partial charge in [0.15, 0.2) is 0 Å². The lowest BCUT2D eigenvalue weighted by atomic mass is 9.96. The standard InChI is InChI=1S/C18H22FN/c1-13(2)10-14-4-6-15(7-5-14)18-11-17(19)9-8-16(18)12-20-3/h4-9,11,13,20H,10,12H2,1-3H3. The molecule has 0 aliphatic carbocycles. The zero-order valence-electron chi connectivity index (χ0n) is 12.4. The van der Waals surface area contributed by atoms with Gasteiger partial charge in [-0.05, 0) is 53.8 Å². The Morgan fingerprint density at radius 3 is 2.35 bits per heavy atom. The molecule has 106 valence electrons. The molecule has 0 amide bonds. The van der Waals surface area contributed by atoms with E-state index in [1.165, 1.54) is 11.6 Å². The highest BCUT2D eigenvalue weighted by atomic mass is 19.1. The topological polar surface area (TPSA) is 12.0 Å². The zero-order chi connectivity index (χ0) is 14.5. The molecule has 0 atom stereocenters. The SMILES string of the molecule is CNCc1ccc(F)cc1-c1ccc(CC(C)C)cc1. The molecule has 0 aliphatic heterocycles. The van der Waals surface area contributed by atoms with Gasteiger partial charge >= 0.3 is 0 Å². The van der Waals surface area contributed by atoms with Gasteiger partial charge in [0.25, 0.3) is 0 Å². The van der Waals surface area contributed by atoms with Crippen LogP contribution in [0.2, 0.25) is 0 Å². The van der Waals surface area contributed by atoms with Crippen LogP contribution in [0.4, 0.5) is 4.39 Å². The normalized spacial score (nSPS) is 11.1. The first-order valence-electron chi connectivity index (χ1n) is 7.12. The number of rotatable bonds is 5. The second-order valence-electron chi connectivity index (χ2n) is 5.63. The summed E-state index contributed by atoms with van der Waals surface area (Å²) in [6, 6.07) is 13.4. The van der Waals surface area contributed by atoms with Crippen LogP contribution in [-0.4, -0.2) is 7.05 Å². The van der Waals surface area contributed by atoms with Gasteiger partial charge in [-0.15, -0.1) is 0 Å². The van der Waals surface area contributed by atoms with E-state index in [1.807, 2.05) is 13.1 Å². The van der Waals surface area contributed by atoms with Gasteiger partial charge in [-0.2, -0.15) is 0 Å². The van der Waals surface area contributed by atoms with Gasteiger partial charge in [-0.3, -0.25) is 0 Å². The fourth-order valence-electron chi connectivity index (χ4n) is 2.45. The van der Waals surface area contributed by atoms with Crippen LogP contribution in [0.3, 0.4) is 0 Å². The van der Waals surface area contributed by atoms with E-state index >= 15 is 0 Å². The predicted molar refractivity (Wildman–Crippen MR) is 83.1 cm³/mol. The molecular weight excluding hydrogens is 249 g/mol. The van der Waals surface area contributed by atoms with Crippen molar-refractivity contribution in [3.8, 4) is 11.1 Å². The van der Waals surface area contributed by atoms with Crippen molar-refractivity contribution in [3.63, 3.8) is 0 Å². The van der Waals surface area contributed by atoms with E-state index in [-0.39, 0.29) is 5.82 Å². The molecule has 0 aliphatic rings. The molecular formula is C18H22FN. The predicted octanol–water partition coefficient (Wildman–Crippen LogP) is 4.41. The monoisotopic (exact) mass is 271 g/mol. The third kappa shape index (κ3) is 3.67. The molecule has 0 saturated carbocycles. The minimum atomic E-state index is -0.189. The third-order valence-electron chi connectivity index (χ3n) is 3.35. The number of hydrogen-bond acceptors (Lipinski definition) is 1. The van der Waals surface area contributed by atoms with Gasteiger partial charge < -0.3 is 5.32 Å². The van der Waals surface area contributed by atoms with Crippen LogP contribution in [0.1, 0.15) is 25.0 Å². The van der Waals surface area contributed by atoms with Crippen LogP contribution in [0, 0.1) is 11.7 Å². The van der Waals surface area contributed by atoms with E-state index in [9.17, 15) is 4.39 Å². The molecule has 0 aromatic heterocycles. The Labute approximate surface area is 120 Å². The molecule has 0 bridgehead atoms. The maximum atomic E-state index is 13.5. The molecule has 2 heteroatoms. The van der Waals surface area contributed by atoms with Gasteiger partial charge in [0.05, 0.1) is 0 Å². The maximum absolute atomic E-state index is 13.5. The molecule has 0 radical (unpaired) electrons. The van der Waals surface area contributed by atoms with Crippen molar-refractivity contribution >= 4 is 0 Å². The van der Waals surface area contributed by atoms with Gasteiger partial charge in [0.1, 0.15) is 5.82 Å². The fourth-order valence-corrected chi connectivity index (χ4v) is 2.45. The summed E-state index contributed by atoms with van der Waals surface area (Å²) in [6.45, 7) is 5.17. The third-order valence-corrected chi connectivity index (χ3v) is 3.35. The first-order chi connectivity index (χ1) is 9.60. The van der Waals surface area contributed by atoms with E-state index in [0.29, 0.717) is 5.92 Å². The van der Waals surface area contributed by atoms with Crippen LogP contribution < -0.4 is 5.32 Å². The van der Waals surface area contributed by atoms with Gasteiger partial charge in [0.2, 0.25) is 0 Å². The van der Waals surface area contributed by atoms with Crippen molar-refractivity contribution in [2.45, 2.75) is 26.8 Å². The molecule has 2 aromatic carbocycles. The Morgan fingerprint density at radius 1 is 1.05 bits per heavy atom. The van der Waals surface area contributed by atoms with Crippen molar-refractivity contribution in [1.29, 1.82) is 0 Å². The van der Waals surface area contributed by atoms with Crippen molar-refractivity contribution in [2.24, 2.45) is 5.92 Å². The number of halogens is 1. The summed E-state index contributed by atoms with van der Waals surface area (Å²) in [5, 5.41) is 3.13. The quantitative estimate of drug-likeness (QED) is 0.849. The first kappa shape index (κ1) is 14.7. The van der Waals surface area contributed by atoms with Gasteiger partial charge in [-0.1, -0.05) is 44.2 Å². The Bertz CT molecular complexity index is 558. The minimum absolute atomic E-state index is 0.189. The Kier molecular flexibility index (Phi) is 4.91. The van der Waals surface area contributed by atoms with Crippen LogP contribution >= 0.6 is 0 Å². The van der Waals surface area contributed by atoms with Crippen molar-refractivity contribution in [3.05, 3.63) is 59.4 Å². The Balaban J connectivity index is 2.33. The van der Waals surface area contributed by atoms with Gasteiger partial charge in [-0.25, -0.2) is 4.39 Å². The van der Waals surface area contributed by atoms with E-state index < -0.39 is 0 Å². The second kappa shape index (κ2) is 6.67. The molecule has 0 saturated heterocycles. The Morgan fingerprint density at radius 2 is 1.75 bits per heavy atom. The molecule has 0 unspecified atom stereocenters. The summed E-state index contributed by atoms with van der Waals surface area (Å²) >= 11 is 0. The summed E-state index contributed by atoms with van der Waals surface area (Å²) in [6.07, 6.45) is 1.08. The molecule has 0 spiro atoms. The van der Waals surface area contributed by atoms with Crippen LogP contribution in [0.15, 0.2) is 42.5 Å². The lowest BCUT2D eigenvalue weighted by Gasteiger charge is -2.11. The highest BCUT2D eigenvalue weighted by Crippen LogP contribution is 2.25. The summed E-state index contributed by atoms with van der Waals surface area (Å²) < 4.78 is 13.5. The van der Waals surface area contributed by atoms with Gasteiger partial charge in [0, 0.05) is 6.54 Å². The van der Waals surface area contributed by atoms with E-state index in [2.05, 4.69) is 43.4 Å². The molecule has 1 N–H and O–H groups in total. The maximum Gasteiger partial charge on any atom is 0.123 e. The average Bonchev–Trinajstić information content (AvgIpc) is 2.41. The first-order valence-corrected chi connectivity index (χ1v) is 7.12. The summed E-state index contributed by atoms with van der Waals surface area (Å²) in [7, 11) is 1.90. The highest BCUT2D eigenvalue weighted by molar-refractivity contribution is 5.67. The highest BCUT2D eigenvalue weighted by Gasteiger charge is 2.07. The van der Waals surface area contributed by atoms with Crippen LogP contribution in [0.5, 0.6) is 0 Å². The largest absolute Gasteiger partial charge is 0.316 e. The van der Waals surface area contributed by atoms with E-state index in [1.54, 1.807) is 6.07 Å². The molecule has 2 rings (SSSR count). The van der Waals surface area contributed by atoms with E-state index in [0.717, 1.165) is 29.7 Å². The summed E-state index contributed by atoms with van der Waals surface area (Å²) in [5.41, 5.74) is 4.48. The molecule has 20 heavy (non-hydrogen) atoms. The average molecular weight is 271 g/mol. The van der Waals surface area contributed by atoms with Crippen molar-refractivity contribution in [1.82, 2.24) is 5.32 Å². The number of hydrogen-bond donors (Lipinski definition) is 1. The number of benzene rings is 2. The van der Waals surface area contributed by atoms with Crippen LogP contribution in [0.25, 0.3) is 11.1 Å². The minimum Gasteiger partial charge on any atom is -0.316 e. The smallest absolute Gasteiger partial charge is 0.123 e. The molecule has 0 heterocycles. The fraction of sp³-hybridized carbons (Fsp3) is 0.333. The lowest BCUT2D eigenvalue weighted by Crippen LogP contribution is -2.06. The van der Waals surface area contributed by atoms with Crippen LogP contribution in [-0.2, 0) is 13.0 Å². The molecule has 2 aromatic rings. The Hall–Kier alpha value is -1.67. The summed E-state index contributed by atoms with van der Waals surface area (Å²) in [5.74, 6) is 0.459. The molecule has 0 fully saturated rings. The molecule has 1 nitrogen and oxygen atoms in total. The van der Waals surface area contributed by atoms with Crippen molar-refractivity contribution < 1.29 is 4.39 Å². The zero-order valence-corrected chi connectivity index (χ0v) is 12.4. The second-order valence-corrected chi connectivity index (χ2v) is 5.63. The lowest BCUT2D eigenvalue weighted by molar-refractivity contribution is 0.627. The number of nitrogens with one attached hydrogen (secondary N) is 1. The van der Waals surface area contributed by atoms with E-state index in [4.69, 9.17) is 0 Å².